The summed E-state index contributed by atoms with van der Waals surface area (Å²) in [5, 5.41) is 0.253. The van der Waals surface area contributed by atoms with Crippen molar-refractivity contribution in [2.45, 2.75) is 13.0 Å². The van der Waals surface area contributed by atoms with E-state index in [4.69, 9.17) is 27.9 Å². The molecule has 4 aromatic carbocycles. The SMILES string of the molecule is Cc1ccc(C(=O)[C@H](OC(=O)c2ccccc2N2C(=O)c3cc(Cl)c(Cl)cc3C2=O)c2ccccc2)cc1. The third kappa shape index (κ3) is 4.60. The number of para-hydroxylation sites is 1. The second-order valence-corrected chi connectivity index (χ2v) is 9.52. The highest BCUT2D eigenvalue weighted by Crippen LogP contribution is 2.36. The van der Waals surface area contributed by atoms with E-state index in [1.165, 1.54) is 24.3 Å². The number of nitrogens with zero attached hydrogens (tertiary/aromatic N) is 1. The lowest BCUT2D eigenvalue weighted by Crippen LogP contribution is -2.31. The Kier molecular flexibility index (Phi) is 6.85. The molecule has 8 heteroatoms. The van der Waals surface area contributed by atoms with Crippen LogP contribution >= 0.6 is 23.2 Å². The number of aryl methyl sites for hydroxylation is 1. The number of ketones is 1. The summed E-state index contributed by atoms with van der Waals surface area (Å²) in [6, 6.07) is 24.3. The van der Waals surface area contributed by atoms with Crippen LogP contribution in [0.5, 0.6) is 0 Å². The number of hydrogen-bond donors (Lipinski definition) is 0. The number of carbonyl (C=O) groups excluding carboxylic acids is 4. The maximum absolute atomic E-state index is 13.5. The lowest BCUT2D eigenvalue weighted by molar-refractivity contribution is 0.0281. The van der Waals surface area contributed by atoms with Gasteiger partial charge < -0.3 is 4.74 Å². The molecule has 0 saturated carbocycles. The van der Waals surface area contributed by atoms with Crippen molar-refractivity contribution < 1.29 is 23.9 Å². The third-order valence-corrected chi connectivity index (χ3v) is 6.92. The Morgan fingerprint density at radius 2 is 1.32 bits per heavy atom. The van der Waals surface area contributed by atoms with Crippen LogP contribution in [0.1, 0.15) is 58.7 Å². The van der Waals surface area contributed by atoms with Gasteiger partial charge >= 0.3 is 5.97 Å². The second-order valence-electron chi connectivity index (χ2n) is 8.70. The molecule has 1 heterocycles. The molecule has 0 saturated heterocycles. The largest absolute Gasteiger partial charge is 0.445 e. The molecule has 1 atom stereocenters. The Hall–Kier alpha value is -4.26. The first-order valence-corrected chi connectivity index (χ1v) is 12.4. The number of benzene rings is 4. The number of amides is 2. The molecule has 0 aliphatic carbocycles. The fourth-order valence-corrected chi connectivity index (χ4v) is 4.56. The average Bonchev–Trinajstić information content (AvgIpc) is 3.16. The van der Waals surface area contributed by atoms with Gasteiger partial charge in [0.25, 0.3) is 11.8 Å². The van der Waals surface area contributed by atoms with E-state index in [1.807, 2.05) is 6.92 Å². The van der Waals surface area contributed by atoms with Gasteiger partial charge in [0.1, 0.15) is 0 Å². The minimum Gasteiger partial charge on any atom is -0.445 e. The summed E-state index contributed by atoms with van der Waals surface area (Å²) in [6.07, 6.45) is -1.25. The summed E-state index contributed by atoms with van der Waals surface area (Å²) < 4.78 is 5.78. The van der Waals surface area contributed by atoms with Crippen LogP contribution in [0.2, 0.25) is 10.0 Å². The minimum absolute atomic E-state index is 0.0190. The molecule has 0 radical (unpaired) electrons. The van der Waals surface area contributed by atoms with Crippen molar-refractivity contribution in [2.75, 3.05) is 4.90 Å². The van der Waals surface area contributed by atoms with Gasteiger partial charge in [-0.15, -0.1) is 0 Å². The standard InChI is InChI=1S/C30H19Cl2NO5/c1-17-11-13-18(14-12-17)26(34)27(19-7-3-2-4-8-19)38-30(37)20-9-5-6-10-25(20)33-28(35)21-15-23(31)24(32)16-22(21)29(33)36/h2-16,27H,1H3/t27-/m1/s1. The van der Waals surface area contributed by atoms with Crippen LogP contribution < -0.4 is 4.90 Å². The Balaban J connectivity index is 1.51. The number of ether oxygens (including phenoxy) is 1. The Morgan fingerprint density at radius 1 is 0.763 bits per heavy atom. The van der Waals surface area contributed by atoms with E-state index < -0.39 is 29.7 Å². The predicted octanol–water partition coefficient (Wildman–Crippen LogP) is 6.88. The number of imide groups is 1. The maximum Gasteiger partial charge on any atom is 0.341 e. The number of hydrogen-bond acceptors (Lipinski definition) is 5. The van der Waals surface area contributed by atoms with Gasteiger partial charge in [-0.2, -0.15) is 0 Å². The number of carbonyl (C=O) groups is 4. The van der Waals surface area contributed by atoms with Gasteiger partial charge in [0, 0.05) is 11.1 Å². The quantitative estimate of drug-likeness (QED) is 0.150. The molecule has 4 aromatic rings. The highest BCUT2D eigenvalue weighted by atomic mass is 35.5. The number of fused-ring (bicyclic) bond motifs is 1. The first kappa shape index (κ1) is 25.4. The van der Waals surface area contributed by atoms with E-state index in [9.17, 15) is 19.2 Å². The zero-order chi connectivity index (χ0) is 27.0. The molecule has 1 aliphatic rings. The normalized spacial score (nSPS) is 13.3. The van der Waals surface area contributed by atoms with Crippen molar-refractivity contribution in [3.63, 3.8) is 0 Å². The number of halogens is 2. The van der Waals surface area contributed by atoms with E-state index in [-0.39, 0.29) is 32.4 Å². The first-order chi connectivity index (χ1) is 18.3. The molecule has 0 N–H and O–H groups in total. The zero-order valence-electron chi connectivity index (χ0n) is 20.0. The molecule has 1 aliphatic heterocycles. The summed E-state index contributed by atoms with van der Waals surface area (Å²) in [5.74, 6) is -2.59. The van der Waals surface area contributed by atoms with Crippen LogP contribution in [-0.4, -0.2) is 23.6 Å². The van der Waals surface area contributed by atoms with E-state index >= 15 is 0 Å². The number of rotatable bonds is 6. The number of Topliss-reactive ketones (excluding diaryl/α,β-unsaturated/α-hetero) is 1. The summed E-state index contributed by atoms with van der Waals surface area (Å²) in [4.78, 5) is 54.3. The van der Waals surface area contributed by atoms with Crippen LogP contribution in [0.3, 0.4) is 0 Å². The molecule has 0 aromatic heterocycles. The van der Waals surface area contributed by atoms with Crippen molar-refractivity contribution in [1.82, 2.24) is 0 Å². The Morgan fingerprint density at radius 3 is 1.92 bits per heavy atom. The van der Waals surface area contributed by atoms with Crippen molar-refractivity contribution in [3.05, 3.63) is 134 Å². The van der Waals surface area contributed by atoms with Gasteiger partial charge in [-0.25, -0.2) is 9.69 Å². The lowest BCUT2D eigenvalue weighted by atomic mass is 9.99. The lowest BCUT2D eigenvalue weighted by Gasteiger charge is -2.21. The Labute approximate surface area is 228 Å². The monoisotopic (exact) mass is 543 g/mol. The van der Waals surface area contributed by atoms with E-state index in [0.29, 0.717) is 11.1 Å². The molecule has 38 heavy (non-hydrogen) atoms. The topological polar surface area (TPSA) is 80.8 Å². The molecule has 2 amide bonds. The summed E-state index contributed by atoms with van der Waals surface area (Å²) >= 11 is 12.1. The zero-order valence-corrected chi connectivity index (χ0v) is 21.5. The highest BCUT2D eigenvalue weighted by Gasteiger charge is 2.39. The fourth-order valence-electron chi connectivity index (χ4n) is 4.23. The van der Waals surface area contributed by atoms with Gasteiger partial charge in [0.15, 0.2) is 6.10 Å². The van der Waals surface area contributed by atoms with Gasteiger partial charge in [0.2, 0.25) is 5.78 Å². The van der Waals surface area contributed by atoms with Crippen molar-refractivity contribution >= 4 is 52.5 Å². The van der Waals surface area contributed by atoms with Gasteiger partial charge in [0.05, 0.1) is 32.4 Å². The fraction of sp³-hybridized carbons (Fsp3) is 0.0667. The summed E-state index contributed by atoms with van der Waals surface area (Å²) in [6.45, 7) is 1.90. The van der Waals surface area contributed by atoms with Gasteiger partial charge in [-0.1, -0.05) is 95.5 Å². The average molecular weight is 544 g/mol. The van der Waals surface area contributed by atoms with Crippen LogP contribution in [0.25, 0.3) is 0 Å². The molecule has 0 fully saturated rings. The smallest absolute Gasteiger partial charge is 0.341 e. The van der Waals surface area contributed by atoms with Crippen molar-refractivity contribution in [1.29, 1.82) is 0 Å². The molecular weight excluding hydrogens is 525 g/mol. The molecule has 0 spiro atoms. The molecule has 188 valence electrons. The molecule has 5 rings (SSSR count). The number of anilines is 1. The molecular formula is C30H19Cl2NO5. The van der Waals surface area contributed by atoms with Crippen LogP contribution in [0.4, 0.5) is 5.69 Å². The predicted molar refractivity (Wildman–Crippen MR) is 144 cm³/mol. The number of esters is 1. The van der Waals surface area contributed by atoms with Crippen LogP contribution in [0.15, 0.2) is 91.0 Å². The molecule has 0 unspecified atom stereocenters. The van der Waals surface area contributed by atoms with Gasteiger partial charge in [-0.05, 0) is 31.2 Å². The second kappa shape index (κ2) is 10.2. The molecule has 6 nitrogen and oxygen atoms in total. The highest BCUT2D eigenvalue weighted by molar-refractivity contribution is 6.44. The van der Waals surface area contributed by atoms with E-state index in [0.717, 1.165) is 10.5 Å². The van der Waals surface area contributed by atoms with Crippen molar-refractivity contribution in [2.24, 2.45) is 0 Å². The first-order valence-electron chi connectivity index (χ1n) is 11.6. The minimum atomic E-state index is -1.25. The van der Waals surface area contributed by atoms with E-state index in [2.05, 4.69) is 0 Å². The Bertz CT molecular complexity index is 1560. The van der Waals surface area contributed by atoms with Crippen LogP contribution in [0, 0.1) is 6.92 Å². The van der Waals surface area contributed by atoms with Crippen molar-refractivity contribution in [3.8, 4) is 0 Å². The summed E-state index contributed by atoms with van der Waals surface area (Å²) in [5.41, 5.74) is 1.94. The third-order valence-electron chi connectivity index (χ3n) is 6.19. The molecule has 0 bridgehead atoms. The van der Waals surface area contributed by atoms with Crippen LogP contribution in [-0.2, 0) is 4.74 Å². The van der Waals surface area contributed by atoms with E-state index in [1.54, 1.807) is 66.7 Å². The van der Waals surface area contributed by atoms with Gasteiger partial charge in [-0.3, -0.25) is 14.4 Å². The maximum atomic E-state index is 13.5. The summed E-state index contributed by atoms with van der Waals surface area (Å²) in [7, 11) is 0.